The van der Waals surface area contributed by atoms with Crippen molar-refractivity contribution in [2.45, 2.75) is 39.0 Å². The minimum Gasteiger partial charge on any atom is -0.393 e. The maximum absolute atomic E-state index is 12.4. The zero-order valence-corrected chi connectivity index (χ0v) is 9.84. The minimum atomic E-state index is -4.43. The van der Waals surface area contributed by atoms with Crippen molar-refractivity contribution in [1.82, 2.24) is 0 Å². The van der Waals surface area contributed by atoms with Crippen molar-refractivity contribution in [3.05, 3.63) is 0 Å². The van der Waals surface area contributed by atoms with Gasteiger partial charge in [-0.3, -0.25) is 0 Å². The molecule has 0 radical (unpaired) electrons. The van der Waals surface area contributed by atoms with Gasteiger partial charge >= 0.3 is 6.18 Å². The molecule has 0 fully saturated rings. The summed E-state index contributed by atoms with van der Waals surface area (Å²) in [7, 11) is 0. The van der Waals surface area contributed by atoms with E-state index in [2.05, 4.69) is 12.2 Å². The summed E-state index contributed by atoms with van der Waals surface area (Å²) in [6.45, 7) is 4.77. The van der Waals surface area contributed by atoms with E-state index in [4.69, 9.17) is 10.5 Å². The summed E-state index contributed by atoms with van der Waals surface area (Å²) < 4.78 is 42.3. The third kappa shape index (κ3) is 5.32. The van der Waals surface area contributed by atoms with E-state index in [0.717, 1.165) is 0 Å². The normalized spacial score (nSPS) is 15.1. The molecular formula is C9H16F3NOS. The van der Waals surface area contributed by atoms with Crippen LogP contribution >= 0.6 is 12.2 Å². The monoisotopic (exact) mass is 243 g/mol. The highest BCUT2D eigenvalue weighted by Crippen LogP contribution is 2.28. The Kier molecular flexibility index (Phi) is 4.99. The molecule has 0 aliphatic carbocycles. The smallest absolute Gasteiger partial charge is 0.393 e. The second-order valence-corrected chi connectivity index (χ2v) is 4.39. The number of hydrogen-bond donors (Lipinski definition) is 1. The van der Waals surface area contributed by atoms with Crippen LogP contribution in [0.4, 0.5) is 13.2 Å². The largest absolute Gasteiger partial charge is 0.400 e. The molecule has 2 nitrogen and oxygen atoms in total. The van der Waals surface area contributed by atoms with Crippen molar-refractivity contribution in [2.24, 2.45) is 11.7 Å². The van der Waals surface area contributed by atoms with Crippen LogP contribution in [0.15, 0.2) is 0 Å². The maximum atomic E-state index is 12.4. The van der Waals surface area contributed by atoms with Gasteiger partial charge in [-0.15, -0.1) is 0 Å². The molecule has 0 aromatic carbocycles. The predicted molar refractivity (Wildman–Crippen MR) is 56.7 cm³/mol. The Morgan fingerprint density at radius 2 is 1.87 bits per heavy atom. The molecule has 15 heavy (non-hydrogen) atoms. The van der Waals surface area contributed by atoms with E-state index in [-0.39, 0.29) is 0 Å². The number of hydrogen-bond acceptors (Lipinski definition) is 2. The van der Waals surface area contributed by atoms with Crippen molar-refractivity contribution < 1.29 is 17.9 Å². The fraction of sp³-hybridized carbons (Fsp3) is 0.889. The lowest BCUT2D eigenvalue weighted by Crippen LogP contribution is -2.40. The third-order valence-corrected chi connectivity index (χ3v) is 2.52. The lowest BCUT2D eigenvalue weighted by atomic mass is 10.1. The second-order valence-electron chi connectivity index (χ2n) is 3.92. The zero-order valence-electron chi connectivity index (χ0n) is 9.02. The molecule has 90 valence electrons. The molecule has 0 saturated heterocycles. The van der Waals surface area contributed by atoms with Gasteiger partial charge in [-0.1, -0.05) is 19.1 Å². The topological polar surface area (TPSA) is 35.2 Å². The molecule has 0 heterocycles. The summed E-state index contributed by atoms with van der Waals surface area (Å²) in [6, 6.07) is 0. The molecule has 0 aliphatic heterocycles. The first-order valence-electron chi connectivity index (χ1n) is 4.60. The molecule has 2 N–H and O–H groups in total. The average molecular weight is 243 g/mol. The van der Waals surface area contributed by atoms with Gasteiger partial charge in [0.1, 0.15) is 5.92 Å². The maximum Gasteiger partial charge on any atom is 0.400 e. The molecule has 1 atom stereocenters. The second kappa shape index (κ2) is 5.12. The lowest BCUT2D eigenvalue weighted by Gasteiger charge is -2.27. The number of nitrogens with two attached hydrogens (primary N) is 1. The number of alkyl halides is 3. The summed E-state index contributed by atoms with van der Waals surface area (Å²) in [5, 5.41) is 0. The zero-order chi connectivity index (χ0) is 12.3. The standard InChI is InChI=1S/C9H16F3NOS/c1-4-8(2,3)14-5-6(7(13)15)9(10,11)12/h6H,4-5H2,1-3H3,(H2,13,15). The van der Waals surface area contributed by atoms with Crippen LogP contribution in [0.1, 0.15) is 27.2 Å². The molecule has 6 heteroatoms. The van der Waals surface area contributed by atoms with Crippen LogP contribution in [-0.2, 0) is 4.74 Å². The minimum absolute atomic E-state index is 0.514. The van der Waals surface area contributed by atoms with Crippen LogP contribution < -0.4 is 5.73 Å². The van der Waals surface area contributed by atoms with E-state index in [1.165, 1.54) is 0 Å². The first-order valence-corrected chi connectivity index (χ1v) is 5.01. The van der Waals surface area contributed by atoms with Crippen molar-refractivity contribution in [1.29, 1.82) is 0 Å². The van der Waals surface area contributed by atoms with Gasteiger partial charge in [-0.05, 0) is 20.3 Å². The van der Waals surface area contributed by atoms with Crippen LogP contribution in [0, 0.1) is 5.92 Å². The van der Waals surface area contributed by atoms with Crippen molar-refractivity contribution in [2.75, 3.05) is 6.61 Å². The van der Waals surface area contributed by atoms with Crippen LogP contribution in [0.5, 0.6) is 0 Å². The van der Waals surface area contributed by atoms with Crippen LogP contribution in [-0.4, -0.2) is 23.4 Å². The quantitative estimate of drug-likeness (QED) is 0.754. The molecule has 0 rings (SSSR count). The number of thiocarbonyl (C=S) groups is 1. The average Bonchev–Trinajstić information content (AvgIpc) is 2.01. The fourth-order valence-corrected chi connectivity index (χ4v) is 0.951. The molecule has 0 saturated carbocycles. The van der Waals surface area contributed by atoms with Gasteiger partial charge in [0, 0.05) is 0 Å². The summed E-state index contributed by atoms with van der Waals surface area (Å²) in [6.07, 6.45) is -3.81. The summed E-state index contributed by atoms with van der Waals surface area (Å²) in [4.78, 5) is -0.575. The SMILES string of the molecule is CCC(C)(C)OCC(C(N)=S)C(F)(F)F. The highest BCUT2D eigenvalue weighted by molar-refractivity contribution is 7.80. The first kappa shape index (κ1) is 14.6. The van der Waals surface area contributed by atoms with Crippen LogP contribution in [0.3, 0.4) is 0 Å². The van der Waals surface area contributed by atoms with Gasteiger partial charge in [0.2, 0.25) is 0 Å². The molecule has 0 spiro atoms. The fourth-order valence-electron chi connectivity index (χ4n) is 0.749. The summed E-state index contributed by atoms with van der Waals surface area (Å²) in [5.74, 6) is -1.86. The van der Waals surface area contributed by atoms with Gasteiger partial charge in [0.25, 0.3) is 0 Å². The lowest BCUT2D eigenvalue weighted by molar-refractivity contribution is -0.177. The highest BCUT2D eigenvalue weighted by atomic mass is 32.1. The Morgan fingerprint density at radius 1 is 1.40 bits per heavy atom. The molecular weight excluding hydrogens is 227 g/mol. The van der Waals surface area contributed by atoms with Crippen molar-refractivity contribution >= 4 is 17.2 Å². The summed E-state index contributed by atoms with van der Waals surface area (Å²) >= 11 is 4.37. The Bertz CT molecular complexity index is 228. The van der Waals surface area contributed by atoms with E-state index in [0.29, 0.717) is 6.42 Å². The molecule has 1 unspecified atom stereocenters. The van der Waals surface area contributed by atoms with E-state index < -0.39 is 29.3 Å². The molecule has 0 amide bonds. The van der Waals surface area contributed by atoms with Crippen molar-refractivity contribution in [3.63, 3.8) is 0 Å². The summed E-state index contributed by atoms with van der Waals surface area (Å²) in [5.41, 5.74) is 4.44. The third-order valence-electron chi connectivity index (χ3n) is 2.23. The molecule has 0 aliphatic rings. The molecule has 0 aromatic rings. The first-order chi connectivity index (χ1) is 6.60. The molecule has 0 aromatic heterocycles. The van der Waals surface area contributed by atoms with Gasteiger partial charge in [0.05, 0.1) is 17.2 Å². The Labute approximate surface area is 93.0 Å². The van der Waals surface area contributed by atoms with Crippen LogP contribution in [0.2, 0.25) is 0 Å². The van der Waals surface area contributed by atoms with E-state index in [1.54, 1.807) is 13.8 Å². The van der Waals surface area contributed by atoms with Gasteiger partial charge in [0.15, 0.2) is 0 Å². The number of ether oxygens (including phenoxy) is 1. The van der Waals surface area contributed by atoms with Gasteiger partial charge in [-0.25, -0.2) is 0 Å². The van der Waals surface area contributed by atoms with E-state index >= 15 is 0 Å². The Hall–Kier alpha value is -0.360. The van der Waals surface area contributed by atoms with Crippen molar-refractivity contribution in [3.8, 4) is 0 Å². The van der Waals surface area contributed by atoms with Crippen LogP contribution in [0.25, 0.3) is 0 Å². The number of rotatable bonds is 5. The predicted octanol–water partition coefficient (Wildman–Crippen LogP) is 2.66. The molecule has 0 bridgehead atoms. The number of halogens is 3. The van der Waals surface area contributed by atoms with Gasteiger partial charge < -0.3 is 10.5 Å². The van der Waals surface area contributed by atoms with E-state index in [1.807, 2.05) is 6.92 Å². The van der Waals surface area contributed by atoms with Gasteiger partial charge in [-0.2, -0.15) is 13.2 Å². The Balaban J connectivity index is 4.40. The highest BCUT2D eigenvalue weighted by Gasteiger charge is 2.42. The van der Waals surface area contributed by atoms with E-state index in [9.17, 15) is 13.2 Å². The Morgan fingerprint density at radius 3 is 2.13 bits per heavy atom.